The minimum atomic E-state index is -0.608. The first-order valence-corrected chi connectivity index (χ1v) is 12.6. The van der Waals surface area contributed by atoms with Gasteiger partial charge in [-0.25, -0.2) is 0 Å². The molecular weight excluding hydrogens is 436 g/mol. The summed E-state index contributed by atoms with van der Waals surface area (Å²) in [5.41, 5.74) is 1.15. The molecule has 2 aromatic carbocycles. The van der Waals surface area contributed by atoms with E-state index in [0.29, 0.717) is 43.7 Å². The van der Waals surface area contributed by atoms with E-state index in [2.05, 4.69) is 17.1 Å². The normalized spacial score (nSPS) is 20.8. The molecule has 0 bridgehead atoms. The van der Waals surface area contributed by atoms with Crippen molar-refractivity contribution in [2.75, 3.05) is 38.2 Å². The van der Waals surface area contributed by atoms with Crippen molar-refractivity contribution in [2.45, 2.75) is 56.9 Å². The van der Waals surface area contributed by atoms with Gasteiger partial charge in [-0.2, -0.15) is 0 Å². The molecule has 2 aromatic rings. The van der Waals surface area contributed by atoms with Crippen molar-refractivity contribution in [2.24, 2.45) is 0 Å². The molecule has 33 heavy (non-hydrogen) atoms. The summed E-state index contributed by atoms with van der Waals surface area (Å²) >= 11 is 6.07. The smallest absolute Gasteiger partial charge is 0.235 e. The highest BCUT2D eigenvalue weighted by Gasteiger charge is 2.41. The fraction of sp³-hybridized carbons (Fsp3) is 0.519. The molecule has 2 heterocycles. The standard InChI is InChI=1S/C27H35ClN2O3/c1-21-5-2-3-16-30(21)17-4-18-33-25-12-10-24(11-13-25)29-26(31)27(14-19-32-20-15-27)22-6-8-23(28)9-7-22/h6-13,21H,2-5,14-20H2,1H3,(H,29,31)/t21-/m1/s1. The molecule has 2 saturated heterocycles. The van der Waals surface area contributed by atoms with Crippen LogP contribution in [0.3, 0.4) is 0 Å². The van der Waals surface area contributed by atoms with Crippen LogP contribution in [0.1, 0.15) is 51.0 Å². The summed E-state index contributed by atoms with van der Waals surface area (Å²) in [6.45, 7) is 6.46. The van der Waals surface area contributed by atoms with E-state index in [9.17, 15) is 4.79 Å². The Labute approximate surface area is 202 Å². The lowest BCUT2D eigenvalue weighted by atomic mass is 9.73. The predicted octanol–water partition coefficient (Wildman–Crippen LogP) is 5.67. The van der Waals surface area contributed by atoms with Crippen molar-refractivity contribution in [3.05, 3.63) is 59.1 Å². The molecule has 0 aliphatic carbocycles. The molecule has 5 nitrogen and oxygen atoms in total. The van der Waals surface area contributed by atoms with E-state index in [4.69, 9.17) is 21.1 Å². The second kappa shape index (κ2) is 11.4. The van der Waals surface area contributed by atoms with Crippen LogP contribution < -0.4 is 10.1 Å². The van der Waals surface area contributed by atoms with E-state index in [0.717, 1.165) is 30.0 Å². The Morgan fingerprint density at radius 1 is 1.12 bits per heavy atom. The predicted molar refractivity (Wildman–Crippen MR) is 133 cm³/mol. The second-order valence-electron chi connectivity index (χ2n) is 9.26. The van der Waals surface area contributed by atoms with E-state index in [-0.39, 0.29) is 5.91 Å². The molecule has 2 aliphatic rings. The largest absolute Gasteiger partial charge is 0.494 e. The van der Waals surface area contributed by atoms with Gasteiger partial charge in [0.25, 0.3) is 0 Å². The second-order valence-corrected chi connectivity index (χ2v) is 9.70. The van der Waals surface area contributed by atoms with Crippen molar-refractivity contribution in [3.8, 4) is 5.75 Å². The number of carbonyl (C=O) groups excluding carboxylic acids is 1. The lowest BCUT2D eigenvalue weighted by Gasteiger charge is -2.36. The van der Waals surface area contributed by atoms with E-state index in [1.807, 2.05) is 48.5 Å². The van der Waals surface area contributed by atoms with Gasteiger partial charge in [0.05, 0.1) is 12.0 Å². The van der Waals surface area contributed by atoms with Gasteiger partial charge in [-0.3, -0.25) is 4.79 Å². The maximum atomic E-state index is 13.4. The van der Waals surface area contributed by atoms with Crippen LogP contribution in [0.25, 0.3) is 0 Å². The summed E-state index contributed by atoms with van der Waals surface area (Å²) in [7, 11) is 0. The Kier molecular flexibility index (Phi) is 8.29. The molecule has 4 rings (SSSR count). The highest BCUT2D eigenvalue weighted by Crippen LogP contribution is 2.37. The highest BCUT2D eigenvalue weighted by molar-refractivity contribution is 6.30. The lowest BCUT2D eigenvalue weighted by Crippen LogP contribution is -2.44. The first-order chi connectivity index (χ1) is 16.1. The highest BCUT2D eigenvalue weighted by atomic mass is 35.5. The zero-order chi connectivity index (χ0) is 23.1. The van der Waals surface area contributed by atoms with Gasteiger partial charge < -0.3 is 19.7 Å². The average molecular weight is 471 g/mol. The van der Waals surface area contributed by atoms with Crippen molar-refractivity contribution < 1.29 is 14.3 Å². The van der Waals surface area contributed by atoms with Crippen LogP contribution in [0.4, 0.5) is 5.69 Å². The first kappa shape index (κ1) is 24.1. The minimum absolute atomic E-state index is 0.00237. The van der Waals surface area contributed by atoms with Gasteiger partial charge in [0.15, 0.2) is 0 Å². The summed E-state index contributed by atoms with van der Waals surface area (Å²) in [5.74, 6) is 0.829. The molecule has 1 amide bonds. The van der Waals surface area contributed by atoms with Crippen molar-refractivity contribution in [1.29, 1.82) is 0 Å². The lowest BCUT2D eigenvalue weighted by molar-refractivity contribution is -0.125. The fourth-order valence-electron chi connectivity index (χ4n) is 4.97. The summed E-state index contributed by atoms with van der Waals surface area (Å²) in [5, 5.41) is 3.79. The third kappa shape index (κ3) is 6.08. The van der Waals surface area contributed by atoms with E-state index < -0.39 is 5.41 Å². The summed E-state index contributed by atoms with van der Waals surface area (Å²) < 4.78 is 11.5. The van der Waals surface area contributed by atoms with E-state index >= 15 is 0 Å². The molecule has 0 spiro atoms. The molecule has 0 aromatic heterocycles. The average Bonchev–Trinajstić information content (AvgIpc) is 2.84. The zero-order valence-electron chi connectivity index (χ0n) is 19.5. The molecule has 6 heteroatoms. The summed E-state index contributed by atoms with van der Waals surface area (Å²) in [6, 6.07) is 16.0. The molecule has 2 fully saturated rings. The molecular formula is C27H35ClN2O3. The SMILES string of the molecule is C[C@@H]1CCCCN1CCCOc1ccc(NC(=O)C2(c3ccc(Cl)cc3)CCOCC2)cc1. The maximum absolute atomic E-state index is 13.4. The number of carbonyl (C=O) groups is 1. The summed E-state index contributed by atoms with van der Waals surface area (Å²) in [4.78, 5) is 16.0. The number of piperidine rings is 1. The molecule has 178 valence electrons. The molecule has 1 N–H and O–H groups in total. The number of hydrogen-bond acceptors (Lipinski definition) is 4. The van der Waals surface area contributed by atoms with Gasteiger partial charge in [-0.1, -0.05) is 30.2 Å². The third-order valence-corrected chi connectivity index (χ3v) is 7.34. The number of benzene rings is 2. The molecule has 2 aliphatic heterocycles. The molecule has 1 atom stereocenters. The summed E-state index contributed by atoms with van der Waals surface area (Å²) in [6.07, 6.45) is 6.29. The van der Waals surface area contributed by atoms with Crippen LogP contribution in [0, 0.1) is 0 Å². The van der Waals surface area contributed by atoms with Crippen LogP contribution in [0.5, 0.6) is 5.75 Å². The topological polar surface area (TPSA) is 50.8 Å². The van der Waals surface area contributed by atoms with E-state index in [1.54, 1.807) is 0 Å². The van der Waals surface area contributed by atoms with Gasteiger partial charge in [0, 0.05) is 36.5 Å². The number of amides is 1. The Bertz CT molecular complexity index is 895. The monoisotopic (exact) mass is 470 g/mol. The Morgan fingerprint density at radius 2 is 1.85 bits per heavy atom. The number of anilines is 1. The Hall–Kier alpha value is -2.08. The number of hydrogen-bond donors (Lipinski definition) is 1. The number of likely N-dealkylation sites (tertiary alicyclic amines) is 1. The quantitative estimate of drug-likeness (QED) is 0.505. The Balaban J connectivity index is 1.31. The molecule has 0 saturated carbocycles. The molecule has 0 unspecified atom stereocenters. The fourth-order valence-corrected chi connectivity index (χ4v) is 5.09. The zero-order valence-corrected chi connectivity index (χ0v) is 20.3. The van der Waals surface area contributed by atoms with E-state index in [1.165, 1.54) is 25.8 Å². The van der Waals surface area contributed by atoms with Crippen molar-refractivity contribution in [1.82, 2.24) is 4.90 Å². The van der Waals surface area contributed by atoms with Crippen LogP contribution in [0.15, 0.2) is 48.5 Å². The van der Waals surface area contributed by atoms with Gasteiger partial charge in [-0.15, -0.1) is 0 Å². The number of halogens is 1. The Morgan fingerprint density at radius 3 is 2.55 bits per heavy atom. The molecule has 0 radical (unpaired) electrons. The van der Waals surface area contributed by atoms with Gasteiger partial charge in [0.2, 0.25) is 5.91 Å². The van der Waals surface area contributed by atoms with Crippen molar-refractivity contribution >= 4 is 23.2 Å². The van der Waals surface area contributed by atoms with Crippen LogP contribution in [-0.2, 0) is 14.9 Å². The van der Waals surface area contributed by atoms with Crippen LogP contribution >= 0.6 is 11.6 Å². The minimum Gasteiger partial charge on any atom is -0.494 e. The first-order valence-electron chi connectivity index (χ1n) is 12.2. The van der Waals surface area contributed by atoms with Crippen LogP contribution in [0.2, 0.25) is 5.02 Å². The number of nitrogens with one attached hydrogen (secondary N) is 1. The number of rotatable bonds is 8. The maximum Gasteiger partial charge on any atom is 0.235 e. The number of nitrogens with zero attached hydrogens (tertiary/aromatic N) is 1. The third-order valence-electron chi connectivity index (χ3n) is 7.09. The van der Waals surface area contributed by atoms with Gasteiger partial charge in [0.1, 0.15) is 5.75 Å². The van der Waals surface area contributed by atoms with Crippen LogP contribution in [-0.4, -0.2) is 49.8 Å². The van der Waals surface area contributed by atoms with Gasteiger partial charge >= 0.3 is 0 Å². The van der Waals surface area contributed by atoms with Gasteiger partial charge in [-0.05, 0) is 87.5 Å². The van der Waals surface area contributed by atoms with Crippen molar-refractivity contribution in [3.63, 3.8) is 0 Å². The number of ether oxygens (including phenoxy) is 2.